The van der Waals surface area contributed by atoms with Gasteiger partial charge < -0.3 is 31.0 Å². The van der Waals surface area contributed by atoms with Crippen LogP contribution < -0.4 is 26.4 Å². The molecule has 1 unspecified atom stereocenters. The third-order valence-electron chi connectivity index (χ3n) is 8.22. The van der Waals surface area contributed by atoms with E-state index in [9.17, 15) is 9.59 Å². The van der Waals surface area contributed by atoms with Gasteiger partial charge >= 0.3 is 0 Å². The minimum atomic E-state index is -0.227. The van der Waals surface area contributed by atoms with Crippen LogP contribution in [0.5, 0.6) is 5.75 Å². The molecule has 2 aromatic carbocycles. The second-order valence-electron chi connectivity index (χ2n) is 11.0. The summed E-state index contributed by atoms with van der Waals surface area (Å²) in [5.41, 5.74) is 11.1. The van der Waals surface area contributed by atoms with Crippen molar-refractivity contribution in [1.82, 2.24) is 20.2 Å². The first-order chi connectivity index (χ1) is 21.4. The Morgan fingerprint density at radius 3 is 2.86 bits per heavy atom. The molecule has 0 bridgehead atoms. The first-order valence-corrected chi connectivity index (χ1v) is 15.7. The van der Waals surface area contributed by atoms with Crippen LogP contribution in [0.3, 0.4) is 0 Å². The summed E-state index contributed by atoms with van der Waals surface area (Å²) >= 11 is 1.54. The van der Waals surface area contributed by atoms with Crippen LogP contribution in [0.4, 0.5) is 11.5 Å². The number of hydrogen-bond acceptors (Lipinski definition) is 7. The van der Waals surface area contributed by atoms with E-state index in [4.69, 9.17) is 10.5 Å². The third-order valence-corrected chi connectivity index (χ3v) is 9.24. The number of ether oxygens (including phenoxy) is 1. The molecule has 6 rings (SSSR count). The Hall–Kier alpha value is -4.67. The lowest BCUT2D eigenvalue weighted by Crippen LogP contribution is -2.37. The number of hydrogen-bond donors (Lipinski definition) is 4. The van der Waals surface area contributed by atoms with Gasteiger partial charge in [-0.15, -0.1) is 11.3 Å². The highest BCUT2D eigenvalue weighted by Gasteiger charge is 2.18. The number of amides is 2. The summed E-state index contributed by atoms with van der Waals surface area (Å²) in [6.07, 6.45) is 9.59. The summed E-state index contributed by atoms with van der Waals surface area (Å²) in [4.78, 5) is 30.2. The number of nitrogens with two attached hydrogens (primary N) is 1. The Kier molecular flexibility index (Phi) is 8.63. The van der Waals surface area contributed by atoms with Crippen LogP contribution in [0.15, 0.2) is 66.2 Å². The molecule has 5 aromatic rings. The van der Waals surface area contributed by atoms with Crippen LogP contribution in [-0.2, 0) is 11.8 Å². The topological polar surface area (TPSA) is 123 Å². The molecule has 1 fully saturated rings. The number of anilines is 2. The summed E-state index contributed by atoms with van der Waals surface area (Å²) in [5.74, 6) is 0.574. The van der Waals surface area contributed by atoms with Crippen LogP contribution in [0.25, 0.3) is 38.2 Å². The Morgan fingerprint density at radius 1 is 1.20 bits per heavy atom. The van der Waals surface area contributed by atoms with Gasteiger partial charge in [-0.05, 0) is 67.1 Å². The zero-order valence-electron chi connectivity index (χ0n) is 24.9. The number of methoxy groups -OCH3 is 1. The summed E-state index contributed by atoms with van der Waals surface area (Å²) in [6, 6.07) is 15.9. The zero-order chi connectivity index (χ0) is 30.6. The predicted octanol–water partition coefficient (Wildman–Crippen LogP) is 5.96. The molecule has 5 N–H and O–H groups in total. The molecule has 9 nitrogen and oxygen atoms in total. The Balaban J connectivity index is 1.20. The molecule has 1 saturated heterocycles. The molecule has 4 heterocycles. The first kappa shape index (κ1) is 29.4. The van der Waals surface area contributed by atoms with Crippen molar-refractivity contribution in [2.75, 3.05) is 31.2 Å². The number of nitrogens with one attached hydrogen (secondary N) is 3. The van der Waals surface area contributed by atoms with E-state index in [0.717, 1.165) is 57.1 Å². The normalized spacial score (nSPS) is 15.2. The minimum Gasteiger partial charge on any atom is -0.495 e. The Labute approximate surface area is 260 Å². The van der Waals surface area contributed by atoms with Gasteiger partial charge in [0, 0.05) is 64.0 Å². The number of piperidine rings is 1. The number of rotatable bonds is 9. The standard InChI is InChI=1S/C34H36N6O3S/c1-40-27-9-4-3-7-22(27)17-28(40)34(42)39-26-12-10-21(18-29(26)43-2)25-20-44-32-23(19-38-33(35)31(25)32)11-13-30(41)37-16-14-24-8-5-6-15-36-24/h3-4,7,9-13,17-20,24,36H,5-6,8,14-16H2,1-2H3,(H2,35,38)(H,37,41)(H,39,42). The van der Waals surface area contributed by atoms with Gasteiger partial charge in [0.1, 0.15) is 17.3 Å². The average molecular weight is 609 g/mol. The second kappa shape index (κ2) is 12.9. The van der Waals surface area contributed by atoms with Gasteiger partial charge in [-0.2, -0.15) is 0 Å². The summed E-state index contributed by atoms with van der Waals surface area (Å²) in [5, 5.41) is 13.3. The van der Waals surface area contributed by atoms with Crippen molar-refractivity contribution in [3.05, 3.63) is 77.4 Å². The largest absolute Gasteiger partial charge is 0.495 e. The molecule has 0 spiro atoms. The van der Waals surface area contributed by atoms with Crippen molar-refractivity contribution in [2.45, 2.75) is 31.7 Å². The monoisotopic (exact) mass is 608 g/mol. The molecular weight excluding hydrogens is 572 g/mol. The number of aromatic nitrogens is 2. The molecular formula is C34H36N6O3S. The van der Waals surface area contributed by atoms with E-state index in [0.29, 0.717) is 35.5 Å². The summed E-state index contributed by atoms with van der Waals surface area (Å²) in [7, 11) is 3.45. The van der Waals surface area contributed by atoms with Crippen LogP contribution >= 0.6 is 11.3 Å². The average Bonchev–Trinajstić information content (AvgIpc) is 3.64. The maximum absolute atomic E-state index is 13.2. The van der Waals surface area contributed by atoms with Crippen molar-refractivity contribution in [1.29, 1.82) is 0 Å². The summed E-state index contributed by atoms with van der Waals surface area (Å²) < 4.78 is 8.51. The van der Waals surface area contributed by atoms with Crippen molar-refractivity contribution >= 4 is 61.7 Å². The lowest BCUT2D eigenvalue weighted by molar-refractivity contribution is -0.116. The number of nitrogen functional groups attached to an aromatic ring is 1. The molecule has 0 saturated carbocycles. The van der Waals surface area contributed by atoms with Crippen LogP contribution in [0.2, 0.25) is 0 Å². The molecule has 1 atom stereocenters. The predicted molar refractivity (Wildman–Crippen MR) is 179 cm³/mol. The smallest absolute Gasteiger partial charge is 0.272 e. The summed E-state index contributed by atoms with van der Waals surface area (Å²) in [6.45, 7) is 1.69. The fraction of sp³-hybridized carbons (Fsp3) is 0.265. The quantitative estimate of drug-likeness (QED) is 0.153. The highest BCUT2D eigenvalue weighted by molar-refractivity contribution is 7.18. The number of carbonyl (C=O) groups is 2. The number of carbonyl (C=O) groups excluding carboxylic acids is 2. The van der Waals surface area contributed by atoms with Gasteiger partial charge in [-0.25, -0.2) is 4.98 Å². The molecule has 0 radical (unpaired) electrons. The van der Waals surface area contributed by atoms with E-state index < -0.39 is 0 Å². The fourth-order valence-corrected chi connectivity index (χ4v) is 6.92. The minimum absolute atomic E-state index is 0.131. The number of benzene rings is 2. The molecule has 1 aliphatic rings. The molecule has 226 valence electrons. The molecule has 3 aromatic heterocycles. The molecule has 10 heteroatoms. The van der Waals surface area contributed by atoms with Crippen molar-refractivity contribution in [3.63, 3.8) is 0 Å². The van der Waals surface area contributed by atoms with Gasteiger partial charge in [0.2, 0.25) is 5.91 Å². The highest BCUT2D eigenvalue weighted by atomic mass is 32.1. The van der Waals surface area contributed by atoms with Gasteiger partial charge in [0.05, 0.1) is 12.8 Å². The molecule has 2 amide bonds. The number of thiophene rings is 1. The van der Waals surface area contributed by atoms with E-state index in [1.54, 1.807) is 36.8 Å². The number of aryl methyl sites for hydroxylation is 1. The molecule has 1 aliphatic heterocycles. The van der Waals surface area contributed by atoms with Gasteiger partial charge in [-0.1, -0.05) is 30.7 Å². The van der Waals surface area contributed by atoms with Crippen LogP contribution in [-0.4, -0.2) is 47.6 Å². The SMILES string of the molecule is COc1cc(-c2csc3c(C=CC(=O)NCCC4CCCCN4)cnc(N)c23)ccc1NC(=O)c1cc2ccccc2n1C. The Bertz CT molecular complexity index is 1870. The van der Waals surface area contributed by atoms with Gasteiger partial charge in [-0.3, -0.25) is 9.59 Å². The highest BCUT2D eigenvalue weighted by Crippen LogP contribution is 2.41. The van der Waals surface area contributed by atoms with E-state index in [-0.39, 0.29) is 11.8 Å². The van der Waals surface area contributed by atoms with Gasteiger partial charge in [0.15, 0.2) is 0 Å². The van der Waals surface area contributed by atoms with Crippen molar-refractivity contribution < 1.29 is 14.3 Å². The number of nitrogens with zero attached hydrogens (tertiary/aromatic N) is 2. The first-order valence-electron chi connectivity index (χ1n) is 14.8. The fourth-order valence-electron chi connectivity index (χ4n) is 5.84. The number of fused-ring (bicyclic) bond motifs is 2. The number of pyridine rings is 1. The van der Waals surface area contributed by atoms with E-state index in [2.05, 4.69) is 20.9 Å². The van der Waals surface area contributed by atoms with Gasteiger partial charge in [0.25, 0.3) is 5.91 Å². The Morgan fingerprint density at radius 2 is 2.07 bits per heavy atom. The lowest BCUT2D eigenvalue weighted by Gasteiger charge is -2.23. The third kappa shape index (κ3) is 6.04. The van der Waals surface area contributed by atoms with Crippen LogP contribution in [0.1, 0.15) is 41.7 Å². The van der Waals surface area contributed by atoms with Crippen molar-refractivity contribution in [3.8, 4) is 16.9 Å². The van der Waals surface area contributed by atoms with E-state index in [1.165, 1.54) is 12.8 Å². The second-order valence-corrected chi connectivity index (χ2v) is 11.9. The maximum atomic E-state index is 13.2. The maximum Gasteiger partial charge on any atom is 0.272 e. The molecule has 0 aliphatic carbocycles. The zero-order valence-corrected chi connectivity index (χ0v) is 25.7. The lowest BCUT2D eigenvalue weighted by atomic mass is 10.0. The van der Waals surface area contributed by atoms with E-state index in [1.807, 2.05) is 65.5 Å². The van der Waals surface area contributed by atoms with Crippen molar-refractivity contribution in [2.24, 2.45) is 7.05 Å². The van der Waals surface area contributed by atoms with E-state index >= 15 is 0 Å². The number of para-hydroxylation sites is 1. The van der Waals surface area contributed by atoms with Crippen LogP contribution in [0, 0.1) is 0 Å². The molecule has 44 heavy (non-hydrogen) atoms.